The Balaban J connectivity index is 1.27. The lowest BCUT2D eigenvalue weighted by Crippen LogP contribution is -2.65. The van der Waals surface area contributed by atoms with E-state index in [4.69, 9.17) is 9.47 Å². The molecule has 0 saturated carbocycles. The van der Waals surface area contributed by atoms with Gasteiger partial charge in [0.05, 0.1) is 13.1 Å². The molecule has 3 heterocycles. The fourth-order valence-electron chi connectivity index (χ4n) is 5.69. The molecule has 196 valence electrons. The van der Waals surface area contributed by atoms with Crippen LogP contribution in [0.1, 0.15) is 41.7 Å². The number of Topliss-reactive ketones (excluding diaryl/α,β-unsaturated/α-hetero) is 1. The van der Waals surface area contributed by atoms with Gasteiger partial charge in [0.25, 0.3) is 0 Å². The first-order chi connectivity index (χ1) is 18.4. The Morgan fingerprint density at radius 3 is 2.16 bits per heavy atom. The van der Waals surface area contributed by atoms with Crippen molar-refractivity contribution in [1.29, 1.82) is 0 Å². The predicted molar refractivity (Wildman–Crippen MR) is 144 cm³/mol. The van der Waals surface area contributed by atoms with Crippen LogP contribution in [-0.4, -0.2) is 54.5 Å². The minimum Gasteiger partial charge on any atom is -0.454 e. The van der Waals surface area contributed by atoms with E-state index < -0.39 is 12.0 Å². The topological polar surface area (TPSA) is 81.7 Å². The average Bonchev–Trinajstić information content (AvgIpc) is 2.93. The molecule has 2 atom stereocenters. The predicted octanol–water partition coefficient (Wildman–Crippen LogP) is 4.80. The van der Waals surface area contributed by atoms with Gasteiger partial charge in [-0.1, -0.05) is 48.5 Å². The average molecular weight is 514 g/mol. The third-order valence-electron chi connectivity index (χ3n) is 7.68. The Hall–Kier alpha value is -3.97. The summed E-state index contributed by atoms with van der Waals surface area (Å²) in [5, 5.41) is 3.34. The number of hydrogen-bond acceptors (Lipinski definition) is 6. The number of ketones is 1. The molecule has 0 aliphatic carbocycles. The number of benzene rings is 3. The summed E-state index contributed by atoms with van der Waals surface area (Å²) in [5.41, 5.74) is 2.28. The molecule has 3 saturated heterocycles. The van der Waals surface area contributed by atoms with E-state index in [1.807, 2.05) is 60.7 Å². The highest BCUT2D eigenvalue weighted by Crippen LogP contribution is 2.37. The van der Waals surface area contributed by atoms with Gasteiger partial charge in [0.2, 0.25) is 5.78 Å². The number of piperidine rings is 3. The minimum absolute atomic E-state index is 0.0395. The number of esters is 2. The summed E-state index contributed by atoms with van der Waals surface area (Å²) in [4.78, 5) is 37.9. The van der Waals surface area contributed by atoms with Gasteiger partial charge >= 0.3 is 11.9 Å². The van der Waals surface area contributed by atoms with Crippen molar-refractivity contribution in [2.75, 3.05) is 31.5 Å². The number of quaternary nitrogens is 1. The van der Waals surface area contributed by atoms with Gasteiger partial charge in [-0.2, -0.15) is 0 Å². The fraction of sp³-hybridized carbons (Fsp3) is 0.323. The van der Waals surface area contributed by atoms with E-state index in [0.717, 1.165) is 37.2 Å². The SMILES string of the molecule is CC(=O)Oc1ccc(C(=O)C[N+]23CCC(CC2)C(OC(=O)C(Nc2ccccc2)c2ccccc2)C3)cc1. The first kappa shape index (κ1) is 25.7. The number of ether oxygens (including phenoxy) is 2. The normalized spacial score (nSPS) is 22.8. The fourth-order valence-corrected chi connectivity index (χ4v) is 5.69. The van der Waals surface area contributed by atoms with Crippen LogP contribution in [0.3, 0.4) is 0 Å². The third kappa shape index (κ3) is 5.94. The Kier molecular flexibility index (Phi) is 7.56. The zero-order valence-corrected chi connectivity index (χ0v) is 21.5. The number of nitrogens with zero attached hydrogens (tertiary/aromatic N) is 1. The molecule has 2 bridgehead atoms. The number of fused-ring (bicyclic) bond motifs is 3. The lowest BCUT2D eigenvalue weighted by atomic mass is 9.82. The number of hydrogen-bond donors (Lipinski definition) is 1. The van der Waals surface area contributed by atoms with Gasteiger partial charge in [-0.15, -0.1) is 0 Å². The lowest BCUT2D eigenvalue weighted by Gasteiger charge is -2.51. The van der Waals surface area contributed by atoms with Crippen molar-refractivity contribution in [3.63, 3.8) is 0 Å². The molecule has 0 radical (unpaired) electrons. The highest BCUT2D eigenvalue weighted by Gasteiger charge is 2.49. The molecular formula is C31H33N2O5+. The number of rotatable bonds is 9. The molecule has 0 amide bonds. The zero-order chi connectivity index (χ0) is 26.5. The largest absolute Gasteiger partial charge is 0.454 e. The standard InChI is InChI=1S/C31H33N2O5/c1-22(34)37-27-14-12-23(13-15-27)28(35)20-33-18-16-24(17-19-33)29(21-33)38-31(36)30(25-8-4-2-5-9-25)32-26-10-6-3-7-11-26/h2-15,24,29-30,32H,16-21H2,1H3/q+1. The monoisotopic (exact) mass is 513 g/mol. The number of carbonyl (C=O) groups is 3. The van der Waals surface area contributed by atoms with Crippen molar-refractivity contribution in [2.45, 2.75) is 31.9 Å². The second kappa shape index (κ2) is 11.2. The van der Waals surface area contributed by atoms with Gasteiger partial charge in [-0.05, 0) is 42.0 Å². The zero-order valence-electron chi connectivity index (χ0n) is 21.5. The Bertz CT molecular complexity index is 1270. The first-order valence-electron chi connectivity index (χ1n) is 13.1. The van der Waals surface area contributed by atoms with Gasteiger partial charge in [-0.25, -0.2) is 4.79 Å². The number of nitrogens with one attached hydrogen (secondary N) is 1. The summed E-state index contributed by atoms with van der Waals surface area (Å²) in [6.07, 6.45) is 1.63. The van der Waals surface area contributed by atoms with Crippen LogP contribution in [0, 0.1) is 5.92 Å². The second-order valence-electron chi connectivity index (χ2n) is 10.3. The van der Waals surface area contributed by atoms with Gasteiger partial charge in [0.15, 0.2) is 12.1 Å². The summed E-state index contributed by atoms with van der Waals surface area (Å²) in [6.45, 7) is 4.15. The van der Waals surface area contributed by atoms with E-state index in [9.17, 15) is 14.4 Å². The Morgan fingerprint density at radius 2 is 1.53 bits per heavy atom. The van der Waals surface area contributed by atoms with Crippen LogP contribution in [0.25, 0.3) is 0 Å². The van der Waals surface area contributed by atoms with Crippen molar-refractivity contribution in [3.05, 3.63) is 96.1 Å². The Labute approximate surface area is 223 Å². The number of anilines is 1. The maximum atomic E-state index is 13.6. The van der Waals surface area contributed by atoms with Gasteiger partial charge in [-0.3, -0.25) is 9.59 Å². The molecular weight excluding hydrogens is 480 g/mol. The van der Waals surface area contributed by atoms with E-state index in [1.165, 1.54) is 6.92 Å². The van der Waals surface area contributed by atoms with E-state index in [1.54, 1.807) is 24.3 Å². The van der Waals surface area contributed by atoms with Gasteiger partial charge in [0.1, 0.15) is 18.8 Å². The highest BCUT2D eigenvalue weighted by molar-refractivity contribution is 5.97. The summed E-state index contributed by atoms with van der Waals surface area (Å²) < 4.78 is 11.9. The first-order valence-corrected chi connectivity index (χ1v) is 13.1. The van der Waals surface area contributed by atoms with E-state index in [2.05, 4.69) is 5.32 Å². The van der Waals surface area contributed by atoms with Crippen LogP contribution in [0.5, 0.6) is 5.75 Å². The molecule has 38 heavy (non-hydrogen) atoms. The van der Waals surface area contributed by atoms with Crippen molar-refractivity contribution in [3.8, 4) is 5.75 Å². The molecule has 3 aromatic carbocycles. The maximum Gasteiger partial charge on any atom is 0.333 e. The molecule has 3 fully saturated rings. The number of para-hydroxylation sites is 1. The second-order valence-corrected chi connectivity index (χ2v) is 10.3. The van der Waals surface area contributed by atoms with Crippen LogP contribution in [0.15, 0.2) is 84.9 Å². The van der Waals surface area contributed by atoms with Crippen LogP contribution in [-0.2, 0) is 14.3 Å². The van der Waals surface area contributed by atoms with E-state index in [-0.39, 0.29) is 17.9 Å². The van der Waals surface area contributed by atoms with Crippen molar-refractivity contribution >= 4 is 23.4 Å². The quantitative estimate of drug-likeness (QED) is 0.192. The molecule has 7 heteroatoms. The van der Waals surface area contributed by atoms with Crippen molar-refractivity contribution in [1.82, 2.24) is 0 Å². The lowest BCUT2D eigenvalue weighted by molar-refractivity contribution is -0.938. The molecule has 3 aromatic rings. The molecule has 0 spiro atoms. The van der Waals surface area contributed by atoms with Crippen LogP contribution in [0.2, 0.25) is 0 Å². The molecule has 1 N–H and O–H groups in total. The molecule has 6 rings (SSSR count). The van der Waals surface area contributed by atoms with Crippen molar-refractivity contribution < 1.29 is 28.3 Å². The maximum absolute atomic E-state index is 13.6. The Morgan fingerprint density at radius 1 is 0.895 bits per heavy atom. The van der Waals surface area contributed by atoms with E-state index in [0.29, 0.717) is 34.8 Å². The highest BCUT2D eigenvalue weighted by atomic mass is 16.5. The molecule has 3 aliphatic heterocycles. The number of carbonyl (C=O) groups excluding carboxylic acids is 3. The van der Waals surface area contributed by atoms with Gasteiger partial charge < -0.3 is 19.3 Å². The third-order valence-corrected chi connectivity index (χ3v) is 7.68. The van der Waals surface area contributed by atoms with Crippen molar-refractivity contribution in [2.24, 2.45) is 5.92 Å². The molecule has 2 unspecified atom stereocenters. The van der Waals surface area contributed by atoms with E-state index >= 15 is 0 Å². The smallest absolute Gasteiger partial charge is 0.333 e. The van der Waals surface area contributed by atoms with Crippen LogP contribution < -0.4 is 10.1 Å². The molecule has 0 aromatic heterocycles. The summed E-state index contributed by atoms with van der Waals surface area (Å²) in [7, 11) is 0. The molecule has 7 nitrogen and oxygen atoms in total. The minimum atomic E-state index is -0.625. The summed E-state index contributed by atoms with van der Waals surface area (Å²) in [6, 6.07) is 25.3. The summed E-state index contributed by atoms with van der Waals surface area (Å²) in [5.74, 6) is 0.0730. The van der Waals surface area contributed by atoms with Crippen LogP contribution >= 0.6 is 0 Å². The molecule has 3 aliphatic rings. The van der Waals surface area contributed by atoms with Crippen LogP contribution in [0.4, 0.5) is 5.69 Å². The summed E-state index contributed by atoms with van der Waals surface area (Å²) >= 11 is 0. The van der Waals surface area contributed by atoms with Gasteiger partial charge in [0, 0.05) is 36.9 Å².